The Morgan fingerprint density at radius 1 is 1.07 bits per heavy atom. The Kier molecular flexibility index (Phi) is 9.95. The molecule has 0 saturated heterocycles. The van der Waals surface area contributed by atoms with Gasteiger partial charge in [0.05, 0.1) is 12.8 Å². The van der Waals surface area contributed by atoms with Gasteiger partial charge in [-0.05, 0) is 73.4 Å². The van der Waals surface area contributed by atoms with E-state index in [1.54, 1.807) is 82.5 Å². The van der Waals surface area contributed by atoms with E-state index in [4.69, 9.17) is 35.4 Å². The summed E-state index contributed by atoms with van der Waals surface area (Å²) in [6.07, 6.45) is 1.94. The highest BCUT2D eigenvalue weighted by atomic mass is 35.5. The predicted octanol–water partition coefficient (Wildman–Crippen LogP) is 4.70. The summed E-state index contributed by atoms with van der Waals surface area (Å²) in [7, 11) is 1.58. The first-order chi connectivity index (χ1) is 20.0. The highest BCUT2D eigenvalue weighted by Gasteiger charge is 2.26. The first-order valence-corrected chi connectivity index (χ1v) is 13.8. The summed E-state index contributed by atoms with van der Waals surface area (Å²) < 4.78 is 21.7. The first-order valence-electron chi connectivity index (χ1n) is 13.5. The molecule has 1 N–H and O–H groups in total. The number of amides is 1. The van der Waals surface area contributed by atoms with Crippen molar-refractivity contribution in [3.05, 3.63) is 76.1 Å². The number of alkyl carbamates (subject to hydrolysis) is 1. The zero-order chi connectivity index (χ0) is 30.3. The fourth-order valence-corrected chi connectivity index (χ4v) is 4.25. The maximum Gasteiger partial charge on any atom is 0.408 e. The van der Waals surface area contributed by atoms with E-state index in [0.29, 0.717) is 23.6 Å². The van der Waals surface area contributed by atoms with Crippen LogP contribution in [0, 0.1) is 5.92 Å². The molecule has 4 rings (SSSR count). The average molecular weight is 599 g/mol. The number of nitrogens with one attached hydrogen (secondary N) is 1. The van der Waals surface area contributed by atoms with Crippen molar-refractivity contribution >= 4 is 29.7 Å². The molecule has 11 nitrogen and oxygen atoms in total. The number of methoxy groups -OCH3 is 1. The molecule has 1 aliphatic rings. The number of fused-ring (bicyclic) bond motifs is 1. The fourth-order valence-electron chi connectivity index (χ4n) is 4.07. The van der Waals surface area contributed by atoms with Crippen LogP contribution in [0.2, 0.25) is 0 Å². The van der Waals surface area contributed by atoms with Gasteiger partial charge >= 0.3 is 12.1 Å². The molecule has 0 bridgehead atoms. The van der Waals surface area contributed by atoms with E-state index >= 15 is 0 Å². The second-order valence-electron chi connectivity index (χ2n) is 10.8. The molecule has 0 radical (unpaired) electrons. The zero-order valence-corrected chi connectivity index (χ0v) is 25.0. The molecular weight excluding hydrogens is 564 g/mol. The summed E-state index contributed by atoms with van der Waals surface area (Å²) in [4.78, 5) is 32.4. The predicted molar refractivity (Wildman–Crippen MR) is 155 cm³/mol. The van der Waals surface area contributed by atoms with Crippen molar-refractivity contribution in [1.82, 2.24) is 20.5 Å². The number of carbonyl (C=O) groups is 2. The first kappa shape index (κ1) is 30.7. The van der Waals surface area contributed by atoms with E-state index in [-0.39, 0.29) is 25.7 Å². The summed E-state index contributed by atoms with van der Waals surface area (Å²) in [6.45, 7) is 7.19. The topological polar surface area (TPSA) is 123 Å². The second-order valence-corrected chi connectivity index (χ2v) is 11.3. The van der Waals surface area contributed by atoms with Gasteiger partial charge in [0.1, 0.15) is 35.4 Å². The van der Waals surface area contributed by atoms with E-state index in [2.05, 4.69) is 15.6 Å². The number of allylic oxidation sites excluding steroid dienone is 1. The molecule has 1 heterocycles. The summed E-state index contributed by atoms with van der Waals surface area (Å²) in [5.74, 6) is 0.828. The lowest BCUT2D eigenvalue weighted by atomic mass is 9.98. The monoisotopic (exact) mass is 598 g/mol. The van der Waals surface area contributed by atoms with Crippen LogP contribution in [0.15, 0.2) is 53.6 Å². The molecule has 3 aromatic rings. The third kappa shape index (κ3) is 8.62. The molecule has 12 heteroatoms. The normalized spacial score (nSPS) is 15.1. The number of benzene rings is 2. The number of carbonyl (C=O) groups excluding carboxylic acids is 2. The van der Waals surface area contributed by atoms with Crippen LogP contribution in [0.3, 0.4) is 0 Å². The Morgan fingerprint density at radius 2 is 1.74 bits per heavy atom. The summed E-state index contributed by atoms with van der Waals surface area (Å²) in [6, 6.07) is 13.2. The lowest BCUT2D eigenvalue weighted by Gasteiger charge is -2.23. The van der Waals surface area contributed by atoms with E-state index in [0.717, 1.165) is 21.9 Å². The summed E-state index contributed by atoms with van der Waals surface area (Å²) in [5.41, 5.74) is 2.33. The average Bonchev–Trinajstić information content (AvgIpc) is 3.32. The number of rotatable bonds is 11. The largest absolute Gasteiger partial charge is 0.497 e. The molecule has 224 valence electrons. The van der Waals surface area contributed by atoms with Crippen molar-refractivity contribution in [3.8, 4) is 11.5 Å². The molecule has 1 amide bonds. The van der Waals surface area contributed by atoms with Gasteiger partial charge in [-0.3, -0.25) is 0 Å². The Balaban J connectivity index is 1.34. The van der Waals surface area contributed by atoms with Gasteiger partial charge in [0.15, 0.2) is 0 Å². The smallest absolute Gasteiger partial charge is 0.408 e. The highest BCUT2D eigenvalue weighted by Crippen LogP contribution is 2.29. The van der Waals surface area contributed by atoms with Gasteiger partial charge in [-0.1, -0.05) is 47.6 Å². The number of hydrogen-bond donors (Lipinski definition) is 1. The maximum absolute atomic E-state index is 13.0. The molecule has 2 atom stereocenters. The fraction of sp³-hybridized carbons (Fsp3) is 0.400. The highest BCUT2D eigenvalue weighted by molar-refractivity contribution is 6.31. The third-order valence-corrected chi connectivity index (χ3v) is 6.75. The van der Waals surface area contributed by atoms with Gasteiger partial charge in [0.2, 0.25) is 0 Å². The standard InChI is InChI=1S/C30H35ClN4O7/c1-19-14-25-27(16-24(19)31)35(34-33-25)41-18-40-23-12-6-20(7-13-23)15-26(32-29(37)42-30(2,3)4)28(36)39-17-21-8-10-22(38-5)11-9-21/h6-13,16,19,26H,14-15,17-18H2,1-5H3,(H,32,37)/t19?,26-/m1/s1. The third-order valence-electron chi connectivity index (χ3n) is 6.27. The van der Waals surface area contributed by atoms with Crippen molar-refractivity contribution in [2.24, 2.45) is 5.92 Å². The van der Waals surface area contributed by atoms with Crippen LogP contribution in [-0.2, 0) is 33.7 Å². The molecule has 0 aliphatic heterocycles. The van der Waals surface area contributed by atoms with Crippen LogP contribution >= 0.6 is 11.6 Å². The molecule has 0 saturated carbocycles. The lowest BCUT2D eigenvalue weighted by Crippen LogP contribution is -2.45. The van der Waals surface area contributed by atoms with E-state index in [1.165, 1.54) is 4.85 Å². The van der Waals surface area contributed by atoms with E-state index < -0.39 is 23.7 Å². The Labute approximate surface area is 249 Å². The molecule has 1 aliphatic carbocycles. The Bertz CT molecular complexity index is 1400. The SMILES string of the molecule is COc1ccc(COC(=O)[C@@H](Cc2ccc(OCOn3nnc4c3C=C(Cl)C(C)C4)cc2)NC(=O)OC(C)(C)C)cc1. The second kappa shape index (κ2) is 13.6. The van der Waals surface area contributed by atoms with Gasteiger partial charge in [0, 0.05) is 17.9 Å². The number of esters is 1. The quantitative estimate of drug-likeness (QED) is 0.247. The minimum atomic E-state index is -0.978. The van der Waals surface area contributed by atoms with Crippen molar-refractivity contribution in [2.45, 2.75) is 58.8 Å². The zero-order valence-electron chi connectivity index (χ0n) is 24.3. The van der Waals surface area contributed by atoms with Crippen molar-refractivity contribution in [1.29, 1.82) is 0 Å². The maximum atomic E-state index is 13.0. The van der Waals surface area contributed by atoms with Gasteiger partial charge in [-0.2, -0.15) is 0 Å². The van der Waals surface area contributed by atoms with Crippen LogP contribution in [-0.4, -0.2) is 52.8 Å². The van der Waals surface area contributed by atoms with Crippen LogP contribution in [0.4, 0.5) is 4.79 Å². The van der Waals surface area contributed by atoms with Gasteiger partial charge in [-0.25, -0.2) is 9.59 Å². The Morgan fingerprint density at radius 3 is 2.40 bits per heavy atom. The van der Waals surface area contributed by atoms with E-state index in [1.807, 2.05) is 6.92 Å². The minimum absolute atomic E-state index is 0.0398. The van der Waals surface area contributed by atoms with Crippen LogP contribution < -0.4 is 19.6 Å². The minimum Gasteiger partial charge on any atom is -0.497 e. The van der Waals surface area contributed by atoms with Crippen molar-refractivity contribution in [2.75, 3.05) is 13.9 Å². The van der Waals surface area contributed by atoms with Gasteiger partial charge in [0.25, 0.3) is 6.79 Å². The van der Waals surface area contributed by atoms with E-state index in [9.17, 15) is 9.59 Å². The number of halogens is 1. The van der Waals surface area contributed by atoms with Crippen molar-refractivity contribution < 1.29 is 33.4 Å². The summed E-state index contributed by atoms with van der Waals surface area (Å²) in [5, 5.41) is 11.5. The summed E-state index contributed by atoms with van der Waals surface area (Å²) >= 11 is 6.28. The molecule has 42 heavy (non-hydrogen) atoms. The molecule has 1 unspecified atom stereocenters. The molecular formula is C30H35ClN4O7. The molecule has 2 aromatic carbocycles. The Hall–Kier alpha value is -4.25. The number of hydrogen-bond acceptors (Lipinski definition) is 9. The molecule has 1 aromatic heterocycles. The van der Waals surface area contributed by atoms with Crippen molar-refractivity contribution in [3.63, 3.8) is 0 Å². The van der Waals surface area contributed by atoms with Crippen LogP contribution in [0.1, 0.15) is 50.2 Å². The van der Waals surface area contributed by atoms with Crippen LogP contribution in [0.25, 0.3) is 6.08 Å². The number of ether oxygens (including phenoxy) is 4. The lowest BCUT2D eigenvalue weighted by molar-refractivity contribution is -0.147. The van der Waals surface area contributed by atoms with Gasteiger partial charge in [-0.15, -0.1) is 5.10 Å². The van der Waals surface area contributed by atoms with Crippen LogP contribution in [0.5, 0.6) is 11.5 Å². The molecule has 0 fully saturated rings. The number of nitrogens with zero attached hydrogens (tertiary/aromatic N) is 3. The number of aromatic nitrogens is 3. The molecule has 0 spiro atoms. The van der Waals surface area contributed by atoms with Gasteiger partial charge < -0.3 is 29.1 Å².